The Bertz CT molecular complexity index is 490. The van der Waals surface area contributed by atoms with Crippen molar-refractivity contribution in [1.29, 1.82) is 0 Å². The molecule has 1 saturated heterocycles. The average molecular weight is 279 g/mol. The standard InChI is InChI=1S/C15H25N3O2/c1-12-9-13(16-6-7-17(2)3)10-15(19)18(12)11-14-5-4-8-20-14/h9-10,14,16H,4-8,11H2,1-3H3. The Morgan fingerprint density at radius 1 is 1.45 bits per heavy atom. The molecule has 1 aliphatic rings. The van der Waals surface area contributed by atoms with E-state index in [0.717, 1.165) is 43.9 Å². The Morgan fingerprint density at radius 2 is 2.25 bits per heavy atom. The molecule has 1 N–H and O–H groups in total. The lowest BCUT2D eigenvalue weighted by Gasteiger charge is -2.16. The lowest BCUT2D eigenvalue weighted by Crippen LogP contribution is -2.28. The molecule has 0 spiro atoms. The normalized spacial score (nSPS) is 18.7. The van der Waals surface area contributed by atoms with Crippen molar-refractivity contribution in [2.45, 2.75) is 32.4 Å². The second-order valence-corrected chi connectivity index (χ2v) is 5.70. The van der Waals surface area contributed by atoms with Gasteiger partial charge in [0.05, 0.1) is 12.6 Å². The highest BCUT2D eigenvalue weighted by Gasteiger charge is 2.17. The number of ether oxygens (including phenoxy) is 1. The third-order valence-corrected chi connectivity index (χ3v) is 3.63. The third kappa shape index (κ3) is 4.08. The monoisotopic (exact) mass is 279 g/mol. The van der Waals surface area contributed by atoms with Crippen LogP contribution in [0.1, 0.15) is 18.5 Å². The SMILES string of the molecule is Cc1cc(NCCN(C)C)cc(=O)n1CC1CCCO1. The summed E-state index contributed by atoms with van der Waals surface area (Å²) in [6, 6.07) is 3.71. The summed E-state index contributed by atoms with van der Waals surface area (Å²) in [5.74, 6) is 0. The number of nitrogens with zero attached hydrogens (tertiary/aromatic N) is 2. The van der Waals surface area contributed by atoms with Crippen molar-refractivity contribution >= 4 is 5.69 Å². The van der Waals surface area contributed by atoms with Gasteiger partial charge in [0.15, 0.2) is 0 Å². The minimum Gasteiger partial charge on any atom is -0.384 e. The predicted molar refractivity (Wildman–Crippen MR) is 81.5 cm³/mol. The Hall–Kier alpha value is -1.33. The molecule has 5 heteroatoms. The van der Waals surface area contributed by atoms with Crippen LogP contribution in [0.5, 0.6) is 0 Å². The number of aromatic nitrogens is 1. The largest absolute Gasteiger partial charge is 0.384 e. The molecule has 1 aromatic heterocycles. The molecule has 2 heterocycles. The Morgan fingerprint density at radius 3 is 2.85 bits per heavy atom. The minimum atomic E-state index is 0.0489. The van der Waals surface area contributed by atoms with Gasteiger partial charge < -0.3 is 19.5 Å². The zero-order chi connectivity index (χ0) is 14.5. The van der Waals surface area contributed by atoms with Crippen LogP contribution in [0, 0.1) is 6.92 Å². The fraction of sp³-hybridized carbons (Fsp3) is 0.667. The van der Waals surface area contributed by atoms with Gasteiger partial charge in [-0.2, -0.15) is 0 Å². The van der Waals surface area contributed by atoms with Crippen LogP contribution in [0.3, 0.4) is 0 Å². The van der Waals surface area contributed by atoms with Crippen LogP contribution in [-0.4, -0.2) is 49.4 Å². The molecule has 0 saturated carbocycles. The molecule has 20 heavy (non-hydrogen) atoms. The molecule has 1 aliphatic heterocycles. The summed E-state index contributed by atoms with van der Waals surface area (Å²) < 4.78 is 7.42. The number of anilines is 1. The molecule has 2 rings (SSSR count). The number of pyridine rings is 1. The molecule has 5 nitrogen and oxygen atoms in total. The second-order valence-electron chi connectivity index (χ2n) is 5.70. The quantitative estimate of drug-likeness (QED) is 0.853. The zero-order valence-electron chi connectivity index (χ0n) is 12.7. The van der Waals surface area contributed by atoms with Crippen LogP contribution in [0.25, 0.3) is 0 Å². The number of nitrogens with one attached hydrogen (secondary N) is 1. The Labute approximate surface area is 120 Å². The average Bonchev–Trinajstić information content (AvgIpc) is 2.86. The summed E-state index contributed by atoms with van der Waals surface area (Å²) >= 11 is 0. The van der Waals surface area contributed by atoms with E-state index in [9.17, 15) is 4.79 Å². The number of hydrogen-bond acceptors (Lipinski definition) is 4. The highest BCUT2D eigenvalue weighted by atomic mass is 16.5. The van der Waals surface area contributed by atoms with Crippen LogP contribution < -0.4 is 10.9 Å². The van der Waals surface area contributed by atoms with Crippen molar-refractivity contribution in [1.82, 2.24) is 9.47 Å². The van der Waals surface area contributed by atoms with Crippen molar-refractivity contribution in [3.63, 3.8) is 0 Å². The highest BCUT2D eigenvalue weighted by molar-refractivity contribution is 5.43. The fourth-order valence-electron chi connectivity index (χ4n) is 2.48. The van der Waals surface area contributed by atoms with E-state index < -0.39 is 0 Å². The summed E-state index contributed by atoms with van der Waals surface area (Å²) in [5, 5.41) is 3.29. The van der Waals surface area contributed by atoms with Gasteiger partial charge >= 0.3 is 0 Å². The third-order valence-electron chi connectivity index (χ3n) is 3.63. The van der Waals surface area contributed by atoms with E-state index in [4.69, 9.17) is 4.74 Å². The molecule has 0 bridgehead atoms. The van der Waals surface area contributed by atoms with E-state index >= 15 is 0 Å². The van der Waals surface area contributed by atoms with Crippen molar-refractivity contribution in [3.8, 4) is 0 Å². The Balaban J connectivity index is 2.02. The first-order valence-corrected chi connectivity index (χ1v) is 7.28. The minimum absolute atomic E-state index is 0.0489. The first-order valence-electron chi connectivity index (χ1n) is 7.28. The van der Waals surface area contributed by atoms with Gasteiger partial charge in [0.2, 0.25) is 0 Å². The molecule has 1 fully saturated rings. The maximum atomic E-state index is 12.2. The summed E-state index contributed by atoms with van der Waals surface area (Å²) in [7, 11) is 4.07. The van der Waals surface area contributed by atoms with Gasteiger partial charge in [-0.3, -0.25) is 4.79 Å². The van der Waals surface area contributed by atoms with Crippen molar-refractivity contribution in [2.75, 3.05) is 39.1 Å². The number of aryl methyl sites for hydroxylation is 1. The molecular weight excluding hydrogens is 254 g/mol. The maximum Gasteiger partial charge on any atom is 0.252 e. The molecular formula is C15H25N3O2. The lowest BCUT2D eigenvalue weighted by molar-refractivity contribution is 0.0956. The van der Waals surface area contributed by atoms with Crippen LogP contribution in [0.4, 0.5) is 5.69 Å². The van der Waals surface area contributed by atoms with E-state index in [2.05, 4.69) is 10.2 Å². The predicted octanol–water partition coefficient (Wildman–Crippen LogP) is 1.31. The maximum absolute atomic E-state index is 12.2. The molecule has 0 aliphatic carbocycles. The van der Waals surface area contributed by atoms with E-state index in [1.165, 1.54) is 0 Å². The van der Waals surface area contributed by atoms with Crippen molar-refractivity contribution in [3.05, 3.63) is 28.2 Å². The lowest BCUT2D eigenvalue weighted by atomic mass is 10.2. The number of likely N-dealkylation sites (N-methyl/N-ethyl adjacent to an activating group) is 1. The van der Waals surface area contributed by atoms with Gasteiger partial charge in [-0.05, 0) is 39.9 Å². The van der Waals surface area contributed by atoms with E-state index in [-0.39, 0.29) is 11.7 Å². The highest BCUT2D eigenvalue weighted by Crippen LogP contribution is 2.15. The molecule has 1 aromatic rings. The van der Waals surface area contributed by atoms with E-state index in [0.29, 0.717) is 6.54 Å². The fourth-order valence-corrected chi connectivity index (χ4v) is 2.48. The van der Waals surface area contributed by atoms with E-state index in [1.807, 2.05) is 31.7 Å². The van der Waals surface area contributed by atoms with Crippen molar-refractivity contribution < 1.29 is 4.74 Å². The number of hydrogen-bond donors (Lipinski definition) is 1. The second kappa shape index (κ2) is 6.90. The smallest absolute Gasteiger partial charge is 0.252 e. The topological polar surface area (TPSA) is 46.5 Å². The molecule has 0 aromatic carbocycles. The number of rotatable bonds is 6. The Kier molecular flexibility index (Phi) is 5.20. The van der Waals surface area contributed by atoms with Gasteiger partial charge in [-0.25, -0.2) is 0 Å². The molecule has 1 atom stereocenters. The van der Waals surface area contributed by atoms with Crippen molar-refractivity contribution in [2.24, 2.45) is 0 Å². The summed E-state index contributed by atoms with van der Waals surface area (Å²) in [4.78, 5) is 14.3. The molecule has 112 valence electrons. The van der Waals surface area contributed by atoms with Crippen LogP contribution in [-0.2, 0) is 11.3 Å². The summed E-state index contributed by atoms with van der Waals surface area (Å²) in [5.41, 5.74) is 1.94. The molecule has 0 radical (unpaired) electrons. The van der Waals surface area contributed by atoms with Crippen LogP contribution in [0.15, 0.2) is 16.9 Å². The van der Waals surface area contributed by atoms with Gasteiger partial charge in [-0.15, -0.1) is 0 Å². The van der Waals surface area contributed by atoms with E-state index in [1.54, 1.807) is 6.07 Å². The summed E-state index contributed by atoms with van der Waals surface area (Å²) in [6.07, 6.45) is 2.34. The zero-order valence-corrected chi connectivity index (χ0v) is 12.7. The first-order chi connectivity index (χ1) is 9.56. The van der Waals surface area contributed by atoms with Gasteiger partial charge in [0.1, 0.15) is 0 Å². The first kappa shape index (κ1) is 15.1. The van der Waals surface area contributed by atoms with Crippen LogP contribution in [0.2, 0.25) is 0 Å². The van der Waals surface area contributed by atoms with Gasteiger partial charge in [0, 0.05) is 37.1 Å². The van der Waals surface area contributed by atoms with Gasteiger partial charge in [-0.1, -0.05) is 0 Å². The molecule has 0 amide bonds. The molecule has 1 unspecified atom stereocenters. The summed E-state index contributed by atoms with van der Waals surface area (Å²) in [6.45, 7) is 5.25. The van der Waals surface area contributed by atoms with Gasteiger partial charge in [0.25, 0.3) is 5.56 Å². The van der Waals surface area contributed by atoms with Crippen LogP contribution >= 0.6 is 0 Å².